The first-order chi connectivity index (χ1) is 13.2. The molecule has 0 saturated carbocycles. The summed E-state index contributed by atoms with van der Waals surface area (Å²) in [6.07, 6.45) is 3.35. The number of benzene rings is 2. The Balaban J connectivity index is 1.58. The molecule has 1 fully saturated rings. The van der Waals surface area contributed by atoms with Crippen LogP contribution in [0.4, 0.5) is 5.69 Å². The van der Waals surface area contributed by atoms with Gasteiger partial charge in [0, 0.05) is 29.9 Å². The first kappa shape index (κ1) is 19.1. The summed E-state index contributed by atoms with van der Waals surface area (Å²) in [6.45, 7) is 4.56. The lowest BCUT2D eigenvalue weighted by atomic mass is 10.1. The highest BCUT2D eigenvalue weighted by molar-refractivity contribution is 6.04. The van der Waals surface area contributed by atoms with Gasteiger partial charge in [0.2, 0.25) is 0 Å². The number of unbranched alkanes of at least 4 members (excludes halogenated alkanes) is 1. The number of nitrogens with one attached hydrogen (secondary N) is 1. The number of carbonyl (C=O) groups is 2. The molecule has 1 aliphatic heterocycles. The molecule has 0 aliphatic carbocycles. The third-order valence-corrected chi connectivity index (χ3v) is 4.72. The quantitative estimate of drug-likeness (QED) is 0.847. The Hall–Kier alpha value is -2.66. The lowest BCUT2D eigenvalue weighted by Crippen LogP contribution is -2.40. The number of amides is 2. The van der Waals surface area contributed by atoms with Crippen molar-refractivity contribution >= 4 is 17.5 Å². The molecular weight excluding hydrogens is 340 g/mol. The summed E-state index contributed by atoms with van der Waals surface area (Å²) in [5, 5.41) is 2.88. The van der Waals surface area contributed by atoms with Crippen molar-refractivity contribution in [3.05, 3.63) is 65.2 Å². The van der Waals surface area contributed by atoms with Crippen LogP contribution >= 0.6 is 0 Å². The number of hydrogen-bond donors (Lipinski definition) is 1. The number of anilines is 1. The van der Waals surface area contributed by atoms with E-state index in [9.17, 15) is 9.59 Å². The van der Waals surface area contributed by atoms with Crippen molar-refractivity contribution in [2.45, 2.75) is 26.2 Å². The zero-order valence-electron chi connectivity index (χ0n) is 15.7. The van der Waals surface area contributed by atoms with Gasteiger partial charge >= 0.3 is 0 Å². The molecule has 3 rings (SSSR count). The predicted molar refractivity (Wildman–Crippen MR) is 106 cm³/mol. The fourth-order valence-electron chi connectivity index (χ4n) is 3.05. The summed E-state index contributed by atoms with van der Waals surface area (Å²) >= 11 is 0. The summed E-state index contributed by atoms with van der Waals surface area (Å²) < 4.78 is 5.28. The van der Waals surface area contributed by atoms with Gasteiger partial charge < -0.3 is 15.0 Å². The first-order valence-electron chi connectivity index (χ1n) is 9.55. The van der Waals surface area contributed by atoms with E-state index in [1.807, 2.05) is 24.3 Å². The Bertz CT molecular complexity index is 763. The smallest absolute Gasteiger partial charge is 0.255 e. The van der Waals surface area contributed by atoms with Crippen LogP contribution in [0.15, 0.2) is 48.5 Å². The second kappa shape index (κ2) is 9.33. The van der Waals surface area contributed by atoms with Crippen LogP contribution in [0, 0.1) is 0 Å². The first-order valence-corrected chi connectivity index (χ1v) is 9.55. The van der Waals surface area contributed by atoms with Crippen molar-refractivity contribution < 1.29 is 14.3 Å². The van der Waals surface area contributed by atoms with Crippen LogP contribution in [0.25, 0.3) is 0 Å². The number of carbonyl (C=O) groups excluding carboxylic acids is 2. The van der Waals surface area contributed by atoms with Gasteiger partial charge in [-0.2, -0.15) is 0 Å². The van der Waals surface area contributed by atoms with E-state index in [4.69, 9.17) is 4.74 Å². The normalized spacial score (nSPS) is 14.0. The Morgan fingerprint density at radius 3 is 2.22 bits per heavy atom. The van der Waals surface area contributed by atoms with Gasteiger partial charge in [-0.05, 0) is 54.8 Å². The molecule has 2 aromatic rings. The fraction of sp³-hybridized carbons (Fsp3) is 0.364. The van der Waals surface area contributed by atoms with E-state index in [-0.39, 0.29) is 11.8 Å². The van der Waals surface area contributed by atoms with Crippen molar-refractivity contribution in [2.24, 2.45) is 0 Å². The maximum absolute atomic E-state index is 12.4. The number of ether oxygens (including phenoxy) is 1. The highest BCUT2D eigenvalue weighted by Crippen LogP contribution is 2.15. The second-order valence-corrected chi connectivity index (χ2v) is 6.74. The monoisotopic (exact) mass is 366 g/mol. The average molecular weight is 366 g/mol. The molecule has 0 bridgehead atoms. The maximum Gasteiger partial charge on any atom is 0.255 e. The van der Waals surface area contributed by atoms with Crippen molar-refractivity contribution in [3.8, 4) is 0 Å². The molecule has 5 nitrogen and oxygen atoms in total. The van der Waals surface area contributed by atoms with E-state index < -0.39 is 0 Å². The van der Waals surface area contributed by atoms with E-state index in [1.54, 1.807) is 29.2 Å². The van der Waals surface area contributed by atoms with Gasteiger partial charge in [-0.1, -0.05) is 25.5 Å². The van der Waals surface area contributed by atoms with Crippen molar-refractivity contribution in [1.29, 1.82) is 0 Å². The summed E-state index contributed by atoms with van der Waals surface area (Å²) in [7, 11) is 0. The lowest BCUT2D eigenvalue weighted by molar-refractivity contribution is 0.0303. The summed E-state index contributed by atoms with van der Waals surface area (Å²) in [5.41, 5.74) is 3.17. The molecule has 0 atom stereocenters. The molecule has 5 heteroatoms. The Labute approximate surface area is 160 Å². The number of aryl methyl sites for hydroxylation is 1. The van der Waals surface area contributed by atoms with Crippen LogP contribution in [0.3, 0.4) is 0 Å². The second-order valence-electron chi connectivity index (χ2n) is 6.74. The third-order valence-electron chi connectivity index (χ3n) is 4.72. The summed E-state index contributed by atoms with van der Waals surface area (Å²) in [6, 6.07) is 14.8. The van der Waals surface area contributed by atoms with E-state index >= 15 is 0 Å². The molecule has 2 aromatic carbocycles. The Morgan fingerprint density at radius 1 is 0.963 bits per heavy atom. The van der Waals surface area contributed by atoms with Crippen LogP contribution in [0.2, 0.25) is 0 Å². The van der Waals surface area contributed by atoms with Gasteiger partial charge in [0.25, 0.3) is 11.8 Å². The van der Waals surface area contributed by atoms with Crippen LogP contribution in [-0.2, 0) is 11.2 Å². The van der Waals surface area contributed by atoms with E-state index in [0.717, 1.165) is 19.3 Å². The van der Waals surface area contributed by atoms with Crippen LogP contribution in [-0.4, -0.2) is 43.0 Å². The number of rotatable bonds is 6. The van der Waals surface area contributed by atoms with Gasteiger partial charge in [-0.15, -0.1) is 0 Å². The standard InChI is InChI=1S/C22H26N2O3/c1-2-3-4-17-5-7-18(8-6-17)21(25)23-20-11-9-19(10-12-20)22(26)24-13-15-27-16-14-24/h5-12H,2-4,13-16H2,1H3,(H,23,25). The molecule has 2 amide bonds. The third kappa shape index (κ3) is 5.17. The van der Waals surface area contributed by atoms with Crippen molar-refractivity contribution in [3.63, 3.8) is 0 Å². The zero-order valence-corrected chi connectivity index (χ0v) is 15.7. The van der Waals surface area contributed by atoms with Crippen LogP contribution in [0.5, 0.6) is 0 Å². The Morgan fingerprint density at radius 2 is 1.59 bits per heavy atom. The van der Waals surface area contributed by atoms with E-state index in [2.05, 4.69) is 12.2 Å². The van der Waals surface area contributed by atoms with Crippen LogP contribution in [0.1, 0.15) is 46.0 Å². The van der Waals surface area contributed by atoms with Crippen LogP contribution < -0.4 is 5.32 Å². The molecule has 0 radical (unpaired) electrons. The number of morpholine rings is 1. The minimum Gasteiger partial charge on any atom is -0.378 e. The molecule has 142 valence electrons. The van der Waals surface area contributed by atoms with Gasteiger partial charge in [0.15, 0.2) is 0 Å². The molecule has 0 spiro atoms. The van der Waals surface area contributed by atoms with Gasteiger partial charge in [-0.3, -0.25) is 9.59 Å². The molecule has 1 heterocycles. The highest BCUT2D eigenvalue weighted by atomic mass is 16.5. The topological polar surface area (TPSA) is 58.6 Å². The largest absolute Gasteiger partial charge is 0.378 e. The lowest BCUT2D eigenvalue weighted by Gasteiger charge is -2.26. The molecule has 0 aromatic heterocycles. The Kier molecular flexibility index (Phi) is 6.60. The van der Waals surface area contributed by atoms with Gasteiger partial charge in [0.1, 0.15) is 0 Å². The van der Waals surface area contributed by atoms with Crippen molar-refractivity contribution in [2.75, 3.05) is 31.6 Å². The minimum absolute atomic E-state index is 0.00107. The molecule has 1 aliphatic rings. The average Bonchev–Trinajstić information content (AvgIpc) is 2.73. The molecule has 27 heavy (non-hydrogen) atoms. The SMILES string of the molecule is CCCCc1ccc(C(=O)Nc2ccc(C(=O)N3CCOCC3)cc2)cc1. The minimum atomic E-state index is -0.149. The predicted octanol–water partition coefficient (Wildman–Crippen LogP) is 3.75. The highest BCUT2D eigenvalue weighted by Gasteiger charge is 2.18. The summed E-state index contributed by atoms with van der Waals surface area (Å²) in [4.78, 5) is 26.6. The number of hydrogen-bond acceptors (Lipinski definition) is 3. The summed E-state index contributed by atoms with van der Waals surface area (Å²) in [5.74, 6) is -0.150. The van der Waals surface area contributed by atoms with Gasteiger partial charge in [0.05, 0.1) is 13.2 Å². The molecule has 1 N–H and O–H groups in total. The van der Waals surface area contributed by atoms with Crippen molar-refractivity contribution in [1.82, 2.24) is 4.90 Å². The van der Waals surface area contributed by atoms with E-state index in [0.29, 0.717) is 43.1 Å². The molecule has 1 saturated heterocycles. The van der Waals surface area contributed by atoms with E-state index in [1.165, 1.54) is 5.56 Å². The molecular formula is C22H26N2O3. The maximum atomic E-state index is 12.4. The van der Waals surface area contributed by atoms with Gasteiger partial charge in [-0.25, -0.2) is 0 Å². The molecule has 0 unspecified atom stereocenters. The zero-order chi connectivity index (χ0) is 19.1. The number of nitrogens with zero attached hydrogens (tertiary/aromatic N) is 1. The fourth-order valence-corrected chi connectivity index (χ4v) is 3.05.